The van der Waals surface area contributed by atoms with Crippen molar-refractivity contribution < 1.29 is 19.1 Å². The van der Waals surface area contributed by atoms with Crippen LogP contribution in [0.15, 0.2) is 108 Å². The first-order chi connectivity index (χ1) is 20.5. The Kier molecular flexibility index (Phi) is 9.03. The van der Waals surface area contributed by atoms with Gasteiger partial charge in [0.2, 0.25) is 11.8 Å². The molecule has 212 valence electrons. The van der Waals surface area contributed by atoms with E-state index in [9.17, 15) is 9.59 Å². The van der Waals surface area contributed by atoms with Crippen LogP contribution in [-0.2, 0) is 19.4 Å². The second-order valence-corrected chi connectivity index (χ2v) is 9.98. The van der Waals surface area contributed by atoms with Gasteiger partial charge in [-0.1, -0.05) is 91.9 Å². The molecule has 0 spiro atoms. The van der Waals surface area contributed by atoms with Crippen LogP contribution >= 0.6 is 0 Å². The maximum atomic E-state index is 13.4. The number of carbonyl (C=O) groups is 2. The number of rotatable bonds is 12. The quantitative estimate of drug-likeness (QED) is 0.140. The number of benzene rings is 4. The minimum atomic E-state index is -1.05. The smallest absolute Gasteiger partial charge is 0.404 e. The average Bonchev–Trinajstić information content (AvgIpc) is 3.49. The van der Waals surface area contributed by atoms with E-state index in [1.54, 1.807) is 0 Å². The standard InChI is InChI=1S/C34H32N4O4/c1-2-9-31-37-38-33(42-31)30(36-29-15-7-6-14-28(29)32(39)26-11-4-3-5-12-26)21-23-16-18-25(19-17-23)27-13-8-10-24(20-27)22-35-34(40)41/h3-8,10-20,30,35-36H,2,9,21-22H2,1H3,(H,40,41). The summed E-state index contributed by atoms with van der Waals surface area (Å²) in [5.74, 6) is 0.975. The van der Waals surface area contributed by atoms with E-state index in [4.69, 9.17) is 9.52 Å². The zero-order valence-corrected chi connectivity index (χ0v) is 23.3. The van der Waals surface area contributed by atoms with E-state index in [-0.39, 0.29) is 18.4 Å². The summed E-state index contributed by atoms with van der Waals surface area (Å²) in [6.07, 6.45) is 1.08. The van der Waals surface area contributed by atoms with E-state index in [0.717, 1.165) is 28.7 Å². The minimum Gasteiger partial charge on any atom is -0.465 e. The molecule has 1 aromatic heterocycles. The third-order valence-corrected chi connectivity index (χ3v) is 6.88. The van der Waals surface area contributed by atoms with Gasteiger partial charge >= 0.3 is 6.09 Å². The SMILES string of the molecule is CCCc1nnc(C(Cc2ccc(-c3cccc(CNC(=O)O)c3)cc2)Nc2ccccc2C(=O)c2ccccc2)o1. The molecule has 0 radical (unpaired) electrons. The molecule has 1 heterocycles. The molecule has 1 atom stereocenters. The van der Waals surface area contributed by atoms with Crippen LogP contribution in [0.1, 0.15) is 58.2 Å². The van der Waals surface area contributed by atoms with Gasteiger partial charge in [-0.05, 0) is 46.9 Å². The van der Waals surface area contributed by atoms with Gasteiger partial charge in [-0.2, -0.15) is 0 Å². The zero-order valence-electron chi connectivity index (χ0n) is 23.3. The largest absolute Gasteiger partial charge is 0.465 e. The summed E-state index contributed by atoms with van der Waals surface area (Å²) in [4.78, 5) is 24.3. The fraction of sp³-hybridized carbons (Fsp3) is 0.176. The van der Waals surface area contributed by atoms with Crippen molar-refractivity contribution in [1.82, 2.24) is 15.5 Å². The molecule has 5 rings (SSSR count). The first-order valence-electron chi connectivity index (χ1n) is 13.9. The van der Waals surface area contributed by atoms with Gasteiger partial charge in [0.1, 0.15) is 6.04 Å². The third-order valence-electron chi connectivity index (χ3n) is 6.88. The summed E-state index contributed by atoms with van der Waals surface area (Å²) < 4.78 is 6.04. The topological polar surface area (TPSA) is 117 Å². The van der Waals surface area contributed by atoms with Crippen molar-refractivity contribution in [3.63, 3.8) is 0 Å². The second-order valence-electron chi connectivity index (χ2n) is 9.98. The van der Waals surface area contributed by atoms with Crippen molar-refractivity contribution in [2.24, 2.45) is 0 Å². The molecular weight excluding hydrogens is 528 g/mol. The number of amides is 1. The highest BCUT2D eigenvalue weighted by Gasteiger charge is 2.22. The van der Waals surface area contributed by atoms with Gasteiger partial charge in [0.25, 0.3) is 0 Å². The molecular formula is C34H32N4O4. The Hall–Kier alpha value is -5.24. The highest BCUT2D eigenvalue weighted by Crippen LogP contribution is 2.28. The van der Waals surface area contributed by atoms with Crippen molar-refractivity contribution >= 4 is 17.6 Å². The number of para-hydroxylation sites is 1. The normalized spacial score (nSPS) is 11.5. The lowest BCUT2D eigenvalue weighted by Gasteiger charge is -2.19. The first kappa shape index (κ1) is 28.3. The van der Waals surface area contributed by atoms with Crippen molar-refractivity contribution in [1.29, 1.82) is 0 Å². The van der Waals surface area contributed by atoms with Crippen molar-refractivity contribution in [3.8, 4) is 11.1 Å². The van der Waals surface area contributed by atoms with Crippen LogP contribution in [0.4, 0.5) is 10.5 Å². The Balaban J connectivity index is 1.40. The van der Waals surface area contributed by atoms with Crippen LogP contribution in [0, 0.1) is 0 Å². The lowest BCUT2D eigenvalue weighted by molar-refractivity contribution is 0.103. The van der Waals surface area contributed by atoms with Crippen LogP contribution in [0.25, 0.3) is 11.1 Å². The number of anilines is 1. The summed E-state index contributed by atoms with van der Waals surface area (Å²) in [6, 6.07) is 32.3. The van der Waals surface area contributed by atoms with E-state index in [0.29, 0.717) is 41.4 Å². The van der Waals surface area contributed by atoms with Gasteiger partial charge in [0, 0.05) is 36.2 Å². The highest BCUT2D eigenvalue weighted by atomic mass is 16.4. The summed E-state index contributed by atoms with van der Waals surface area (Å²) in [6.45, 7) is 2.30. The van der Waals surface area contributed by atoms with Gasteiger partial charge in [-0.15, -0.1) is 10.2 Å². The van der Waals surface area contributed by atoms with Crippen LogP contribution in [0.3, 0.4) is 0 Å². The molecule has 0 saturated heterocycles. The molecule has 8 heteroatoms. The molecule has 8 nitrogen and oxygen atoms in total. The molecule has 42 heavy (non-hydrogen) atoms. The summed E-state index contributed by atoms with van der Waals surface area (Å²) in [7, 11) is 0. The summed E-state index contributed by atoms with van der Waals surface area (Å²) in [5, 5.41) is 23.4. The number of carbonyl (C=O) groups excluding carboxylic acids is 1. The Labute approximate surface area is 244 Å². The fourth-order valence-electron chi connectivity index (χ4n) is 4.77. The van der Waals surface area contributed by atoms with Crippen LogP contribution in [-0.4, -0.2) is 27.2 Å². The van der Waals surface area contributed by atoms with E-state index in [1.807, 2.05) is 91.0 Å². The van der Waals surface area contributed by atoms with Gasteiger partial charge in [-0.25, -0.2) is 4.79 Å². The fourth-order valence-corrected chi connectivity index (χ4v) is 4.77. The van der Waals surface area contributed by atoms with Gasteiger partial charge in [0.15, 0.2) is 5.78 Å². The van der Waals surface area contributed by atoms with Gasteiger partial charge in [-0.3, -0.25) is 4.79 Å². The molecule has 5 aromatic rings. The third kappa shape index (κ3) is 7.09. The molecule has 0 aliphatic heterocycles. The van der Waals surface area contributed by atoms with E-state index in [1.165, 1.54) is 0 Å². The molecule has 0 saturated carbocycles. The number of aromatic nitrogens is 2. The predicted molar refractivity (Wildman–Crippen MR) is 161 cm³/mol. The van der Waals surface area contributed by atoms with Crippen molar-refractivity contribution in [3.05, 3.63) is 137 Å². The zero-order chi connectivity index (χ0) is 29.3. The number of nitrogens with one attached hydrogen (secondary N) is 2. The number of aryl methyl sites for hydroxylation is 1. The van der Waals surface area contributed by atoms with E-state index in [2.05, 4.69) is 39.9 Å². The minimum absolute atomic E-state index is 0.0696. The monoisotopic (exact) mass is 560 g/mol. The molecule has 3 N–H and O–H groups in total. The lowest BCUT2D eigenvalue weighted by atomic mass is 9.98. The summed E-state index contributed by atoms with van der Waals surface area (Å²) in [5.41, 5.74) is 5.81. The van der Waals surface area contributed by atoms with E-state index < -0.39 is 6.09 Å². The molecule has 1 amide bonds. The van der Waals surface area contributed by atoms with Crippen LogP contribution in [0.5, 0.6) is 0 Å². The number of hydrogen-bond acceptors (Lipinski definition) is 6. The number of carboxylic acid groups (broad SMARTS) is 1. The van der Waals surface area contributed by atoms with Gasteiger partial charge < -0.3 is 20.2 Å². The predicted octanol–water partition coefficient (Wildman–Crippen LogP) is 7.08. The Morgan fingerprint density at radius 1 is 0.833 bits per heavy atom. The lowest BCUT2D eigenvalue weighted by Crippen LogP contribution is -2.19. The number of ketones is 1. The molecule has 0 aliphatic rings. The maximum Gasteiger partial charge on any atom is 0.404 e. The van der Waals surface area contributed by atoms with Crippen LogP contribution in [0.2, 0.25) is 0 Å². The Morgan fingerprint density at radius 3 is 2.36 bits per heavy atom. The van der Waals surface area contributed by atoms with E-state index >= 15 is 0 Å². The molecule has 4 aromatic carbocycles. The second kappa shape index (κ2) is 13.4. The Bertz CT molecular complexity index is 1650. The maximum absolute atomic E-state index is 13.4. The van der Waals surface area contributed by atoms with Gasteiger partial charge in [0.05, 0.1) is 0 Å². The number of hydrogen-bond donors (Lipinski definition) is 3. The molecule has 1 unspecified atom stereocenters. The first-order valence-corrected chi connectivity index (χ1v) is 13.9. The van der Waals surface area contributed by atoms with Crippen molar-refractivity contribution in [2.45, 2.75) is 38.8 Å². The molecule has 0 bridgehead atoms. The van der Waals surface area contributed by atoms with Crippen LogP contribution < -0.4 is 10.6 Å². The highest BCUT2D eigenvalue weighted by molar-refractivity contribution is 6.12. The van der Waals surface area contributed by atoms with Crippen molar-refractivity contribution in [2.75, 3.05) is 5.32 Å². The average molecular weight is 561 g/mol. The Morgan fingerprint density at radius 2 is 1.60 bits per heavy atom. The number of nitrogens with zero attached hydrogens (tertiary/aromatic N) is 2. The molecule has 0 fully saturated rings. The molecule has 0 aliphatic carbocycles. The summed E-state index contributed by atoms with van der Waals surface area (Å²) >= 11 is 0.